The second kappa shape index (κ2) is 5.67. The largest absolute Gasteiger partial charge is 0.365 e. The van der Waals surface area contributed by atoms with Crippen LogP contribution >= 0.6 is 0 Å². The number of likely N-dealkylation sites (tertiary alicyclic amines) is 1. The zero-order valence-corrected chi connectivity index (χ0v) is 11.7. The molecule has 1 N–H and O–H groups in total. The van der Waals surface area contributed by atoms with E-state index in [0.717, 1.165) is 25.8 Å². The number of nitrogens with one attached hydrogen (secondary N) is 1. The summed E-state index contributed by atoms with van der Waals surface area (Å²) in [6.45, 7) is 1.47. The van der Waals surface area contributed by atoms with Crippen LogP contribution in [0.2, 0.25) is 0 Å². The Morgan fingerprint density at radius 2 is 2.19 bits per heavy atom. The second-order valence-corrected chi connectivity index (χ2v) is 5.70. The quantitative estimate of drug-likeness (QED) is 0.674. The van der Waals surface area contributed by atoms with Gasteiger partial charge in [-0.25, -0.2) is 4.98 Å². The Morgan fingerprint density at radius 1 is 1.38 bits per heavy atom. The van der Waals surface area contributed by atoms with Crippen molar-refractivity contribution in [2.24, 2.45) is 5.92 Å². The Kier molecular flexibility index (Phi) is 3.72. The molecule has 7 nitrogen and oxygen atoms in total. The predicted molar refractivity (Wildman–Crippen MR) is 76.8 cm³/mol. The number of amides is 1. The molecule has 2 fully saturated rings. The van der Waals surface area contributed by atoms with Gasteiger partial charge in [0.15, 0.2) is 0 Å². The number of pyridine rings is 1. The van der Waals surface area contributed by atoms with Crippen LogP contribution in [0.3, 0.4) is 0 Å². The van der Waals surface area contributed by atoms with Gasteiger partial charge in [-0.3, -0.25) is 14.9 Å². The molecule has 1 saturated heterocycles. The maximum atomic E-state index is 12.2. The van der Waals surface area contributed by atoms with Crippen molar-refractivity contribution < 1.29 is 9.72 Å². The zero-order chi connectivity index (χ0) is 14.8. The molecule has 1 amide bonds. The highest BCUT2D eigenvalue weighted by Crippen LogP contribution is 2.29. The van der Waals surface area contributed by atoms with Gasteiger partial charge < -0.3 is 10.2 Å². The lowest BCUT2D eigenvalue weighted by molar-refractivity contribution is -0.385. The highest BCUT2D eigenvalue weighted by Gasteiger charge is 2.33. The van der Waals surface area contributed by atoms with E-state index in [1.807, 2.05) is 4.90 Å². The summed E-state index contributed by atoms with van der Waals surface area (Å²) in [4.78, 5) is 28.2. The summed E-state index contributed by atoms with van der Waals surface area (Å²) in [5.41, 5.74) is -0.0197. The third kappa shape index (κ3) is 2.96. The number of nitro groups is 1. The van der Waals surface area contributed by atoms with Gasteiger partial charge in [-0.15, -0.1) is 0 Å². The van der Waals surface area contributed by atoms with Gasteiger partial charge in [-0.1, -0.05) is 6.42 Å². The Labute approximate surface area is 122 Å². The first-order valence-electron chi connectivity index (χ1n) is 7.29. The third-order valence-electron chi connectivity index (χ3n) is 4.27. The molecule has 0 bridgehead atoms. The first-order valence-corrected chi connectivity index (χ1v) is 7.29. The van der Waals surface area contributed by atoms with Crippen LogP contribution in [-0.2, 0) is 4.79 Å². The highest BCUT2D eigenvalue weighted by molar-refractivity contribution is 5.80. The van der Waals surface area contributed by atoms with E-state index in [0.29, 0.717) is 12.4 Å². The summed E-state index contributed by atoms with van der Waals surface area (Å²) in [7, 11) is 0. The number of aromatic nitrogens is 1. The first kappa shape index (κ1) is 13.8. The SMILES string of the molecule is O=C(C1CCC1)N1CC[C@@H](Nc2ccc([N+](=O)[O-])cn2)C1. The summed E-state index contributed by atoms with van der Waals surface area (Å²) >= 11 is 0. The van der Waals surface area contributed by atoms with Crippen LogP contribution in [0, 0.1) is 16.0 Å². The molecule has 7 heteroatoms. The molecule has 0 aromatic carbocycles. The molecule has 0 unspecified atom stereocenters. The summed E-state index contributed by atoms with van der Waals surface area (Å²) in [5, 5.41) is 13.8. The van der Waals surface area contributed by atoms with Crippen LogP contribution in [0.4, 0.5) is 11.5 Å². The molecule has 1 aromatic heterocycles. The van der Waals surface area contributed by atoms with Gasteiger partial charge in [0, 0.05) is 31.1 Å². The Morgan fingerprint density at radius 3 is 2.76 bits per heavy atom. The molecule has 1 aromatic rings. The summed E-state index contributed by atoms with van der Waals surface area (Å²) < 4.78 is 0. The highest BCUT2D eigenvalue weighted by atomic mass is 16.6. The molecule has 21 heavy (non-hydrogen) atoms. The van der Waals surface area contributed by atoms with Gasteiger partial charge in [-0.05, 0) is 25.3 Å². The molecule has 0 radical (unpaired) electrons. The number of anilines is 1. The van der Waals surface area contributed by atoms with E-state index in [1.165, 1.54) is 18.7 Å². The fraction of sp³-hybridized carbons (Fsp3) is 0.571. The van der Waals surface area contributed by atoms with Crippen molar-refractivity contribution in [3.05, 3.63) is 28.4 Å². The number of hydrogen-bond donors (Lipinski definition) is 1. The Hall–Kier alpha value is -2.18. The van der Waals surface area contributed by atoms with E-state index in [2.05, 4.69) is 10.3 Å². The van der Waals surface area contributed by atoms with Crippen molar-refractivity contribution in [3.63, 3.8) is 0 Å². The summed E-state index contributed by atoms with van der Waals surface area (Å²) in [5.74, 6) is 1.13. The lowest BCUT2D eigenvalue weighted by Gasteiger charge is -2.29. The Balaban J connectivity index is 1.54. The van der Waals surface area contributed by atoms with Crippen molar-refractivity contribution in [2.75, 3.05) is 18.4 Å². The number of hydrogen-bond acceptors (Lipinski definition) is 5. The molecule has 0 spiro atoms. The van der Waals surface area contributed by atoms with Crippen molar-refractivity contribution >= 4 is 17.4 Å². The minimum absolute atomic E-state index is 0.0197. The average Bonchev–Trinajstić information content (AvgIpc) is 2.86. The molecular formula is C14H18N4O3. The molecule has 2 heterocycles. The maximum Gasteiger partial charge on any atom is 0.287 e. The monoisotopic (exact) mass is 290 g/mol. The zero-order valence-electron chi connectivity index (χ0n) is 11.7. The second-order valence-electron chi connectivity index (χ2n) is 5.70. The van der Waals surface area contributed by atoms with Crippen LogP contribution in [0.5, 0.6) is 0 Å². The fourth-order valence-electron chi connectivity index (χ4n) is 2.78. The molecule has 1 saturated carbocycles. The standard InChI is InChI=1S/C14H18N4O3/c19-14(10-2-1-3-10)17-7-6-11(9-17)16-13-5-4-12(8-15-13)18(20)21/h4-5,8,10-11H,1-3,6-7,9H2,(H,15,16)/t11-/m1/s1. The molecular weight excluding hydrogens is 272 g/mol. The lowest BCUT2D eigenvalue weighted by atomic mass is 9.84. The minimum atomic E-state index is -0.467. The van der Waals surface area contributed by atoms with Crippen LogP contribution in [-0.4, -0.2) is 39.8 Å². The topological polar surface area (TPSA) is 88.4 Å². The van der Waals surface area contributed by atoms with Crippen LogP contribution < -0.4 is 5.32 Å². The van der Waals surface area contributed by atoms with E-state index in [1.54, 1.807) is 6.07 Å². The van der Waals surface area contributed by atoms with Crippen LogP contribution in [0.1, 0.15) is 25.7 Å². The normalized spacial score (nSPS) is 21.9. The van der Waals surface area contributed by atoms with Gasteiger partial charge in [0.2, 0.25) is 5.91 Å². The van der Waals surface area contributed by atoms with E-state index in [4.69, 9.17) is 0 Å². The maximum absolute atomic E-state index is 12.2. The molecule has 1 aliphatic carbocycles. The van der Waals surface area contributed by atoms with Gasteiger partial charge in [0.05, 0.1) is 4.92 Å². The minimum Gasteiger partial charge on any atom is -0.365 e. The molecule has 3 rings (SSSR count). The fourth-order valence-corrected chi connectivity index (χ4v) is 2.78. The van der Waals surface area contributed by atoms with Gasteiger partial charge in [-0.2, -0.15) is 0 Å². The van der Waals surface area contributed by atoms with E-state index < -0.39 is 4.92 Å². The summed E-state index contributed by atoms with van der Waals surface area (Å²) in [6, 6.07) is 3.21. The van der Waals surface area contributed by atoms with E-state index >= 15 is 0 Å². The number of rotatable bonds is 4. The molecule has 1 atom stereocenters. The third-order valence-corrected chi connectivity index (χ3v) is 4.27. The van der Waals surface area contributed by atoms with E-state index in [-0.39, 0.29) is 23.6 Å². The predicted octanol–water partition coefficient (Wildman–Crippen LogP) is 1.80. The van der Waals surface area contributed by atoms with Crippen LogP contribution in [0.15, 0.2) is 18.3 Å². The average molecular weight is 290 g/mol. The molecule has 112 valence electrons. The smallest absolute Gasteiger partial charge is 0.287 e. The number of nitrogens with zero attached hydrogens (tertiary/aromatic N) is 3. The van der Waals surface area contributed by atoms with Crippen molar-refractivity contribution in [2.45, 2.75) is 31.7 Å². The Bertz CT molecular complexity index is 542. The van der Waals surface area contributed by atoms with Gasteiger partial charge >= 0.3 is 0 Å². The first-order chi connectivity index (χ1) is 10.1. The van der Waals surface area contributed by atoms with E-state index in [9.17, 15) is 14.9 Å². The number of carbonyl (C=O) groups excluding carboxylic acids is 1. The van der Waals surface area contributed by atoms with Crippen molar-refractivity contribution in [1.82, 2.24) is 9.88 Å². The van der Waals surface area contributed by atoms with Gasteiger partial charge in [0.1, 0.15) is 12.0 Å². The summed E-state index contributed by atoms with van der Waals surface area (Å²) in [6.07, 6.45) is 5.35. The lowest BCUT2D eigenvalue weighted by Crippen LogP contribution is -2.38. The van der Waals surface area contributed by atoms with Gasteiger partial charge in [0.25, 0.3) is 5.69 Å². The molecule has 2 aliphatic rings. The number of carbonyl (C=O) groups is 1. The van der Waals surface area contributed by atoms with Crippen molar-refractivity contribution in [1.29, 1.82) is 0 Å². The van der Waals surface area contributed by atoms with Crippen molar-refractivity contribution in [3.8, 4) is 0 Å². The molecule has 1 aliphatic heterocycles. The van der Waals surface area contributed by atoms with Crippen LogP contribution in [0.25, 0.3) is 0 Å².